The quantitative estimate of drug-likeness (QED) is 0.552. The van der Waals surface area contributed by atoms with E-state index in [4.69, 9.17) is 0 Å². The Bertz CT molecular complexity index is 1020. The van der Waals surface area contributed by atoms with Gasteiger partial charge in [-0.3, -0.25) is 4.90 Å². The fourth-order valence-corrected chi connectivity index (χ4v) is 3.29. The van der Waals surface area contributed by atoms with E-state index in [1.807, 2.05) is 43.7 Å². The first kappa shape index (κ1) is 16.5. The van der Waals surface area contributed by atoms with Crippen LogP contribution >= 0.6 is 0 Å². The number of hydrogen-bond donors (Lipinski definition) is 1. The third-order valence-electron chi connectivity index (χ3n) is 4.58. The first-order chi connectivity index (χ1) is 12.7. The molecule has 0 unspecified atom stereocenters. The standard InChI is InChI=1S/C22H20FN3/c1-26(15-18-4-2-3-5-21(18)23)14-16-6-8-17(9-7-16)19-10-12-24-22-20(19)11-13-25-22/h2-13H,14-15H2,1H3,(H,24,25). The van der Waals surface area contributed by atoms with Crippen molar-refractivity contribution in [3.8, 4) is 11.1 Å². The van der Waals surface area contributed by atoms with Gasteiger partial charge in [0.1, 0.15) is 11.5 Å². The van der Waals surface area contributed by atoms with Crippen molar-refractivity contribution in [1.82, 2.24) is 14.9 Å². The van der Waals surface area contributed by atoms with Gasteiger partial charge in [0.05, 0.1) is 0 Å². The lowest BCUT2D eigenvalue weighted by Gasteiger charge is -2.17. The Morgan fingerprint density at radius 3 is 2.58 bits per heavy atom. The van der Waals surface area contributed by atoms with Crippen LogP contribution in [0.2, 0.25) is 0 Å². The molecule has 0 atom stereocenters. The number of H-pyrrole nitrogens is 1. The van der Waals surface area contributed by atoms with Crippen molar-refractivity contribution < 1.29 is 4.39 Å². The largest absolute Gasteiger partial charge is 0.346 e. The topological polar surface area (TPSA) is 31.9 Å². The number of halogens is 1. The average Bonchev–Trinajstić information content (AvgIpc) is 3.13. The SMILES string of the molecule is CN(Cc1ccc(-c2ccnc3[nH]ccc23)cc1)Cc1ccccc1F. The van der Waals surface area contributed by atoms with Crippen LogP contribution in [0.3, 0.4) is 0 Å². The highest BCUT2D eigenvalue weighted by Gasteiger charge is 2.08. The summed E-state index contributed by atoms with van der Waals surface area (Å²) in [5.74, 6) is -0.150. The first-order valence-corrected chi connectivity index (χ1v) is 8.64. The number of aromatic nitrogens is 2. The van der Waals surface area contributed by atoms with Gasteiger partial charge in [-0.05, 0) is 41.9 Å². The van der Waals surface area contributed by atoms with E-state index in [9.17, 15) is 4.39 Å². The summed E-state index contributed by atoms with van der Waals surface area (Å²) in [4.78, 5) is 9.60. The predicted octanol–water partition coefficient (Wildman–Crippen LogP) is 5.00. The molecule has 0 spiro atoms. The fraction of sp³-hybridized carbons (Fsp3) is 0.136. The zero-order valence-corrected chi connectivity index (χ0v) is 14.6. The summed E-state index contributed by atoms with van der Waals surface area (Å²) < 4.78 is 13.8. The number of benzene rings is 2. The second kappa shape index (κ2) is 7.10. The molecule has 0 aliphatic carbocycles. The Labute approximate surface area is 152 Å². The molecule has 4 aromatic rings. The van der Waals surface area contributed by atoms with Crippen molar-refractivity contribution in [2.75, 3.05) is 7.05 Å². The molecule has 0 amide bonds. The van der Waals surface area contributed by atoms with Crippen LogP contribution in [0.4, 0.5) is 4.39 Å². The molecular formula is C22H20FN3. The summed E-state index contributed by atoms with van der Waals surface area (Å²) in [6.45, 7) is 1.35. The maximum Gasteiger partial charge on any atom is 0.137 e. The van der Waals surface area contributed by atoms with Crippen molar-refractivity contribution in [1.29, 1.82) is 0 Å². The van der Waals surface area contributed by atoms with Crippen LogP contribution in [0.15, 0.2) is 73.1 Å². The highest BCUT2D eigenvalue weighted by molar-refractivity contribution is 5.92. The van der Waals surface area contributed by atoms with Crippen molar-refractivity contribution in [2.24, 2.45) is 0 Å². The Morgan fingerprint density at radius 2 is 1.77 bits per heavy atom. The second-order valence-corrected chi connectivity index (χ2v) is 6.56. The smallest absolute Gasteiger partial charge is 0.137 e. The molecule has 0 aliphatic rings. The van der Waals surface area contributed by atoms with Crippen LogP contribution in [-0.4, -0.2) is 21.9 Å². The van der Waals surface area contributed by atoms with Crippen LogP contribution in [0.25, 0.3) is 22.2 Å². The highest BCUT2D eigenvalue weighted by Crippen LogP contribution is 2.27. The zero-order valence-electron chi connectivity index (χ0n) is 14.6. The lowest BCUT2D eigenvalue weighted by molar-refractivity contribution is 0.313. The van der Waals surface area contributed by atoms with Gasteiger partial charge in [0, 0.05) is 36.4 Å². The molecule has 2 aromatic heterocycles. The Balaban J connectivity index is 1.49. The number of hydrogen-bond acceptors (Lipinski definition) is 2. The molecule has 0 saturated carbocycles. The molecule has 1 N–H and O–H groups in total. The van der Waals surface area contributed by atoms with Crippen LogP contribution < -0.4 is 0 Å². The van der Waals surface area contributed by atoms with E-state index in [2.05, 4.69) is 39.1 Å². The molecule has 0 aliphatic heterocycles. The lowest BCUT2D eigenvalue weighted by Crippen LogP contribution is -2.17. The lowest BCUT2D eigenvalue weighted by atomic mass is 10.0. The minimum atomic E-state index is -0.150. The second-order valence-electron chi connectivity index (χ2n) is 6.56. The third kappa shape index (κ3) is 3.37. The van der Waals surface area contributed by atoms with E-state index in [1.165, 1.54) is 17.2 Å². The Hall–Kier alpha value is -2.98. The molecule has 4 heteroatoms. The van der Waals surface area contributed by atoms with E-state index >= 15 is 0 Å². The molecular weight excluding hydrogens is 325 g/mol. The molecule has 0 radical (unpaired) electrons. The summed E-state index contributed by atoms with van der Waals surface area (Å²) >= 11 is 0. The van der Waals surface area contributed by atoms with E-state index in [-0.39, 0.29) is 5.82 Å². The van der Waals surface area contributed by atoms with Gasteiger partial charge in [-0.15, -0.1) is 0 Å². The van der Waals surface area contributed by atoms with E-state index in [0.717, 1.165) is 28.7 Å². The minimum Gasteiger partial charge on any atom is -0.346 e. The maximum absolute atomic E-state index is 13.8. The van der Waals surface area contributed by atoms with Crippen molar-refractivity contribution in [3.63, 3.8) is 0 Å². The normalized spacial score (nSPS) is 11.3. The van der Waals surface area contributed by atoms with Gasteiger partial charge in [-0.1, -0.05) is 42.5 Å². The van der Waals surface area contributed by atoms with Gasteiger partial charge in [-0.25, -0.2) is 9.37 Å². The number of pyridine rings is 1. The van der Waals surface area contributed by atoms with E-state index < -0.39 is 0 Å². The minimum absolute atomic E-state index is 0.150. The predicted molar refractivity (Wildman–Crippen MR) is 103 cm³/mol. The summed E-state index contributed by atoms with van der Waals surface area (Å²) in [6, 6.07) is 19.5. The molecule has 0 fully saturated rings. The first-order valence-electron chi connectivity index (χ1n) is 8.64. The van der Waals surface area contributed by atoms with Crippen molar-refractivity contribution in [3.05, 3.63) is 90.0 Å². The van der Waals surface area contributed by atoms with Crippen LogP contribution in [0, 0.1) is 5.82 Å². The molecule has 2 heterocycles. The molecule has 130 valence electrons. The summed E-state index contributed by atoms with van der Waals surface area (Å²) in [5.41, 5.74) is 5.15. The van der Waals surface area contributed by atoms with Crippen molar-refractivity contribution >= 4 is 11.0 Å². The van der Waals surface area contributed by atoms with E-state index in [0.29, 0.717) is 6.54 Å². The average molecular weight is 345 g/mol. The summed E-state index contributed by atoms with van der Waals surface area (Å²) in [7, 11) is 2.01. The van der Waals surface area contributed by atoms with Gasteiger partial charge < -0.3 is 4.98 Å². The molecule has 0 bridgehead atoms. The highest BCUT2D eigenvalue weighted by atomic mass is 19.1. The van der Waals surface area contributed by atoms with E-state index in [1.54, 1.807) is 6.07 Å². The van der Waals surface area contributed by atoms with Crippen molar-refractivity contribution in [2.45, 2.75) is 13.1 Å². The number of nitrogens with zero attached hydrogens (tertiary/aromatic N) is 2. The molecule has 4 rings (SSSR count). The van der Waals surface area contributed by atoms with Crippen LogP contribution in [-0.2, 0) is 13.1 Å². The van der Waals surface area contributed by atoms with Gasteiger partial charge >= 0.3 is 0 Å². The molecule has 2 aromatic carbocycles. The number of fused-ring (bicyclic) bond motifs is 1. The molecule has 3 nitrogen and oxygen atoms in total. The van der Waals surface area contributed by atoms with Crippen LogP contribution in [0.1, 0.15) is 11.1 Å². The monoisotopic (exact) mass is 345 g/mol. The summed E-state index contributed by atoms with van der Waals surface area (Å²) in [5, 5.41) is 1.12. The number of nitrogens with one attached hydrogen (secondary N) is 1. The maximum atomic E-state index is 13.8. The zero-order chi connectivity index (χ0) is 17.9. The number of rotatable bonds is 5. The Kier molecular flexibility index (Phi) is 4.50. The van der Waals surface area contributed by atoms with Gasteiger partial charge in [0.2, 0.25) is 0 Å². The van der Waals surface area contributed by atoms with Crippen LogP contribution in [0.5, 0.6) is 0 Å². The third-order valence-corrected chi connectivity index (χ3v) is 4.58. The summed E-state index contributed by atoms with van der Waals surface area (Å²) in [6.07, 6.45) is 3.73. The van der Waals surface area contributed by atoms with Gasteiger partial charge in [-0.2, -0.15) is 0 Å². The molecule has 26 heavy (non-hydrogen) atoms. The molecule has 0 saturated heterocycles. The van der Waals surface area contributed by atoms with Gasteiger partial charge in [0.25, 0.3) is 0 Å². The number of aromatic amines is 1. The van der Waals surface area contributed by atoms with Gasteiger partial charge in [0.15, 0.2) is 0 Å². The Morgan fingerprint density at radius 1 is 0.962 bits per heavy atom. The fourth-order valence-electron chi connectivity index (χ4n) is 3.29.